The first-order valence-corrected chi connectivity index (χ1v) is 7.47. The van der Waals surface area contributed by atoms with Gasteiger partial charge >= 0.3 is 5.97 Å². The summed E-state index contributed by atoms with van der Waals surface area (Å²) in [5.74, 6) is -0.646. The Morgan fingerprint density at radius 2 is 1.67 bits per heavy atom. The van der Waals surface area contributed by atoms with Crippen molar-refractivity contribution in [3.63, 3.8) is 0 Å². The van der Waals surface area contributed by atoms with Crippen molar-refractivity contribution in [1.82, 2.24) is 0 Å². The zero-order valence-electron chi connectivity index (χ0n) is 11.5. The van der Waals surface area contributed by atoms with Crippen LogP contribution in [0.1, 0.15) is 27.6 Å². The van der Waals surface area contributed by atoms with Crippen molar-refractivity contribution in [2.24, 2.45) is 0 Å². The Hall–Kier alpha value is -2.27. The number of benzene rings is 2. The van der Waals surface area contributed by atoms with Gasteiger partial charge in [-0.1, -0.05) is 31.2 Å². The van der Waals surface area contributed by atoms with Crippen LogP contribution < -0.4 is 5.32 Å². The quantitative estimate of drug-likeness (QED) is 0.825. The van der Waals surface area contributed by atoms with Crippen LogP contribution in [0, 0.1) is 0 Å². The first-order chi connectivity index (χ1) is 10.1. The Balaban J connectivity index is 2.29. The molecule has 1 amide bonds. The van der Waals surface area contributed by atoms with E-state index in [4.69, 9.17) is 5.11 Å². The molecule has 2 aromatic carbocycles. The van der Waals surface area contributed by atoms with Crippen LogP contribution in [0.4, 0.5) is 5.69 Å². The maximum absolute atomic E-state index is 12.3. The molecule has 0 aromatic heterocycles. The van der Waals surface area contributed by atoms with Gasteiger partial charge in [0.25, 0.3) is 5.91 Å². The van der Waals surface area contributed by atoms with Crippen LogP contribution in [0.5, 0.6) is 0 Å². The van der Waals surface area contributed by atoms with E-state index in [1.54, 1.807) is 30.0 Å². The van der Waals surface area contributed by atoms with Crippen molar-refractivity contribution in [2.75, 3.05) is 11.1 Å². The van der Waals surface area contributed by atoms with Gasteiger partial charge in [-0.25, -0.2) is 4.79 Å². The molecular weight excluding hydrogens is 286 g/mol. The zero-order valence-corrected chi connectivity index (χ0v) is 12.3. The number of nitrogens with one attached hydrogen (secondary N) is 1. The molecule has 0 atom stereocenters. The summed E-state index contributed by atoms with van der Waals surface area (Å²) >= 11 is 1.62. The fraction of sp³-hybridized carbons (Fsp3) is 0.125. The van der Waals surface area contributed by atoms with Crippen LogP contribution >= 0.6 is 11.8 Å². The number of carboxylic acid groups (broad SMARTS) is 1. The second kappa shape index (κ2) is 6.95. The summed E-state index contributed by atoms with van der Waals surface area (Å²) < 4.78 is 0. The number of carboxylic acids is 1. The number of aromatic carboxylic acids is 1. The van der Waals surface area contributed by atoms with E-state index in [1.165, 1.54) is 12.1 Å². The minimum Gasteiger partial charge on any atom is -0.478 e. The molecule has 0 fully saturated rings. The number of anilines is 1. The maximum atomic E-state index is 12.3. The van der Waals surface area contributed by atoms with Gasteiger partial charge in [0.1, 0.15) is 0 Å². The van der Waals surface area contributed by atoms with E-state index in [1.807, 2.05) is 25.1 Å². The Labute approximate surface area is 127 Å². The molecule has 0 radical (unpaired) electrons. The first kappa shape index (κ1) is 15.1. The standard InChI is InChI=1S/C16H15NO3S/c1-2-21-14-10-6-5-9-13(14)17-15(18)11-7-3-4-8-12(11)16(19)20/h3-10H,2H2,1H3,(H,17,18)(H,19,20). The topological polar surface area (TPSA) is 66.4 Å². The van der Waals surface area contributed by atoms with Gasteiger partial charge in [0.15, 0.2) is 0 Å². The van der Waals surface area contributed by atoms with Crippen LogP contribution in [0.2, 0.25) is 0 Å². The Morgan fingerprint density at radius 1 is 1.05 bits per heavy atom. The molecule has 0 aliphatic rings. The second-order valence-corrected chi connectivity index (χ2v) is 5.54. The van der Waals surface area contributed by atoms with Crippen LogP contribution in [-0.4, -0.2) is 22.7 Å². The van der Waals surface area contributed by atoms with Crippen molar-refractivity contribution >= 4 is 29.3 Å². The van der Waals surface area contributed by atoms with E-state index in [0.29, 0.717) is 5.69 Å². The van der Waals surface area contributed by atoms with Crippen molar-refractivity contribution in [3.05, 3.63) is 59.7 Å². The monoisotopic (exact) mass is 301 g/mol. The molecular formula is C16H15NO3S. The third-order valence-corrected chi connectivity index (χ3v) is 3.79. The summed E-state index contributed by atoms with van der Waals surface area (Å²) in [6.07, 6.45) is 0. The van der Waals surface area contributed by atoms with Gasteiger partial charge in [-0.2, -0.15) is 0 Å². The molecule has 4 nitrogen and oxygen atoms in total. The van der Waals surface area contributed by atoms with Gasteiger partial charge in [0, 0.05) is 4.90 Å². The number of hydrogen-bond donors (Lipinski definition) is 2. The minimum absolute atomic E-state index is 0.00405. The molecule has 0 aliphatic carbocycles. The van der Waals surface area contributed by atoms with E-state index in [0.717, 1.165) is 10.6 Å². The maximum Gasteiger partial charge on any atom is 0.336 e. The molecule has 0 heterocycles. The fourth-order valence-corrected chi connectivity index (χ4v) is 2.67. The summed E-state index contributed by atoms with van der Waals surface area (Å²) in [6, 6.07) is 13.6. The second-order valence-electron chi connectivity index (χ2n) is 4.23. The lowest BCUT2D eigenvalue weighted by Crippen LogP contribution is -2.16. The SMILES string of the molecule is CCSc1ccccc1NC(=O)c1ccccc1C(=O)O. The normalized spacial score (nSPS) is 10.1. The Bertz CT molecular complexity index is 670. The van der Waals surface area contributed by atoms with E-state index < -0.39 is 11.9 Å². The molecule has 2 rings (SSSR count). The summed E-state index contributed by atoms with van der Waals surface area (Å²) in [7, 11) is 0. The van der Waals surface area contributed by atoms with Crippen LogP contribution in [-0.2, 0) is 0 Å². The minimum atomic E-state index is -1.11. The highest BCUT2D eigenvalue weighted by Crippen LogP contribution is 2.27. The number of hydrogen-bond acceptors (Lipinski definition) is 3. The Morgan fingerprint density at radius 3 is 2.33 bits per heavy atom. The zero-order chi connectivity index (χ0) is 15.2. The van der Waals surface area contributed by atoms with Crippen molar-refractivity contribution < 1.29 is 14.7 Å². The predicted octanol–water partition coefficient (Wildman–Crippen LogP) is 3.75. The molecule has 0 saturated carbocycles. The van der Waals surface area contributed by atoms with E-state index in [9.17, 15) is 9.59 Å². The number of rotatable bonds is 5. The molecule has 0 bridgehead atoms. The van der Waals surface area contributed by atoms with Crippen LogP contribution in [0.25, 0.3) is 0 Å². The third kappa shape index (κ3) is 3.64. The molecule has 0 spiro atoms. The summed E-state index contributed by atoms with van der Waals surface area (Å²) in [6.45, 7) is 2.03. The number of thioether (sulfide) groups is 1. The highest BCUT2D eigenvalue weighted by atomic mass is 32.2. The molecule has 0 saturated heterocycles. The predicted molar refractivity (Wildman–Crippen MR) is 84.2 cm³/mol. The average Bonchev–Trinajstić information content (AvgIpc) is 2.49. The first-order valence-electron chi connectivity index (χ1n) is 6.49. The van der Waals surface area contributed by atoms with Crippen molar-refractivity contribution in [1.29, 1.82) is 0 Å². The largest absolute Gasteiger partial charge is 0.478 e. The van der Waals surface area contributed by atoms with Crippen LogP contribution in [0.15, 0.2) is 53.4 Å². The smallest absolute Gasteiger partial charge is 0.336 e. The number of amides is 1. The molecule has 2 N–H and O–H groups in total. The van der Waals surface area contributed by atoms with E-state index >= 15 is 0 Å². The highest BCUT2D eigenvalue weighted by Gasteiger charge is 2.16. The van der Waals surface area contributed by atoms with Crippen LogP contribution in [0.3, 0.4) is 0 Å². The molecule has 2 aromatic rings. The summed E-state index contributed by atoms with van der Waals surface area (Å²) in [5, 5.41) is 11.9. The van der Waals surface area contributed by atoms with Gasteiger partial charge < -0.3 is 10.4 Å². The molecule has 108 valence electrons. The molecule has 0 unspecified atom stereocenters. The van der Waals surface area contributed by atoms with Gasteiger partial charge in [-0.05, 0) is 30.0 Å². The van der Waals surface area contributed by atoms with Gasteiger partial charge in [-0.15, -0.1) is 11.8 Å². The summed E-state index contributed by atoms with van der Waals surface area (Å²) in [5.41, 5.74) is 0.839. The average molecular weight is 301 g/mol. The fourth-order valence-electron chi connectivity index (χ4n) is 1.91. The lowest BCUT2D eigenvalue weighted by molar-refractivity contribution is 0.0692. The van der Waals surface area contributed by atoms with E-state index in [2.05, 4.69) is 5.32 Å². The van der Waals surface area contributed by atoms with Crippen molar-refractivity contribution in [3.8, 4) is 0 Å². The van der Waals surface area contributed by atoms with E-state index in [-0.39, 0.29) is 11.1 Å². The van der Waals surface area contributed by atoms with Gasteiger partial charge in [-0.3, -0.25) is 4.79 Å². The van der Waals surface area contributed by atoms with Gasteiger partial charge in [0.2, 0.25) is 0 Å². The molecule has 5 heteroatoms. The number of carbonyl (C=O) groups is 2. The number of carbonyl (C=O) groups excluding carboxylic acids is 1. The molecule has 21 heavy (non-hydrogen) atoms. The summed E-state index contributed by atoms with van der Waals surface area (Å²) in [4.78, 5) is 24.4. The number of para-hydroxylation sites is 1. The Kier molecular flexibility index (Phi) is 5.00. The lowest BCUT2D eigenvalue weighted by atomic mass is 10.1. The molecule has 0 aliphatic heterocycles. The highest BCUT2D eigenvalue weighted by molar-refractivity contribution is 7.99. The van der Waals surface area contributed by atoms with Gasteiger partial charge in [0.05, 0.1) is 16.8 Å². The third-order valence-electron chi connectivity index (χ3n) is 2.84. The van der Waals surface area contributed by atoms with Crippen molar-refractivity contribution in [2.45, 2.75) is 11.8 Å². The lowest BCUT2D eigenvalue weighted by Gasteiger charge is -2.11.